The lowest BCUT2D eigenvalue weighted by atomic mass is 9.94. The Bertz CT molecular complexity index is 411. The molecule has 0 bridgehead atoms. The minimum atomic E-state index is -0.200. The van der Waals surface area contributed by atoms with E-state index in [1.165, 1.54) is 0 Å². The molecular weight excluding hydrogens is 286 g/mol. The van der Waals surface area contributed by atoms with Crippen molar-refractivity contribution in [1.29, 1.82) is 0 Å². The van der Waals surface area contributed by atoms with Crippen molar-refractivity contribution in [2.45, 2.75) is 45.9 Å². The van der Waals surface area contributed by atoms with Crippen molar-refractivity contribution >= 4 is 17.2 Å². The number of thiazole rings is 1. The van der Waals surface area contributed by atoms with Gasteiger partial charge in [0, 0.05) is 24.7 Å². The highest BCUT2D eigenvalue weighted by atomic mass is 32.1. The zero-order valence-corrected chi connectivity index (χ0v) is 14.4. The van der Waals surface area contributed by atoms with Crippen LogP contribution < -0.4 is 5.32 Å². The van der Waals surface area contributed by atoms with Gasteiger partial charge in [0.25, 0.3) is 0 Å². The molecule has 0 saturated carbocycles. The average molecular weight is 313 g/mol. The summed E-state index contributed by atoms with van der Waals surface area (Å²) in [5, 5.41) is 5.77. The number of nitrogens with zero attached hydrogens (tertiary/aromatic N) is 2. The van der Waals surface area contributed by atoms with E-state index in [0.29, 0.717) is 6.54 Å². The summed E-state index contributed by atoms with van der Waals surface area (Å²) in [6, 6.07) is 0.237. The largest absolute Gasteiger partial charge is 0.379 e. The molecule has 1 rings (SSSR count). The van der Waals surface area contributed by atoms with Crippen LogP contribution in [0.25, 0.3) is 0 Å². The van der Waals surface area contributed by atoms with Gasteiger partial charge < -0.3 is 15.0 Å². The number of methoxy groups -OCH3 is 1. The molecular formula is C15H27N3O2S. The average Bonchev–Trinajstić information content (AvgIpc) is 3.02. The third-order valence-corrected chi connectivity index (χ3v) is 4.72. The summed E-state index contributed by atoms with van der Waals surface area (Å²) in [5.41, 5.74) is 0. The van der Waals surface area contributed by atoms with Crippen LogP contribution in [0.3, 0.4) is 0 Å². The number of hydrogen-bond acceptors (Lipinski definition) is 5. The zero-order chi connectivity index (χ0) is 15.8. The van der Waals surface area contributed by atoms with E-state index in [9.17, 15) is 4.79 Å². The molecule has 0 aliphatic heterocycles. The van der Waals surface area contributed by atoms with Gasteiger partial charge in [-0.1, -0.05) is 20.8 Å². The Morgan fingerprint density at radius 2 is 2.24 bits per heavy atom. The lowest BCUT2D eigenvalue weighted by molar-refractivity contribution is -0.131. The van der Waals surface area contributed by atoms with Crippen molar-refractivity contribution in [3.8, 4) is 0 Å². The molecule has 0 saturated heterocycles. The van der Waals surface area contributed by atoms with Gasteiger partial charge in [-0.2, -0.15) is 0 Å². The van der Waals surface area contributed by atoms with E-state index in [2.05, 4.69) is 36.1 Å². The van der Waals surface area contributed by atoms with Crippen molar-refractivity contribution in [3.05, 3.63) is 16.6 Å². The molecule has 1 N–H and O–H groups in total. The maximum Gasteiger partial charge on any atom is 0.225 e. The molecule has 1 aromatic heterocycles. The molecule has 6 heteroatoms. The quantitative estimate of drug-likeness (QED) is 0.759. The summed E-state index contributed by atoms with van der Waals surface area (Å²) in [5.74, 6) is -0.186. The minimum Gasteiger partial charge on any atom is -0.379 e. The number of carbonyl (C=O) groups is 1. The van der Waals surface area contributed by atoms with E-state index in [1.807, 2.05) is 12.3 Å². The molecule has 0 spiro atoms. The fourth-order valence-corrected chi connectivity index (χ4v) is 3.09. The lowest BCUT2D eigenvalue weighted by Gasteiger charge is -2.35. The smallest absolute Gasteiger partial charge is 0.225 e. The van der Waals surface area contributed by atoms with E-state index in [1.54, 1.807) is 24.6 Å². The van der Waals surface area contributed by atoms with Crippen molar-refractivity contribution in [3.63, 3.8) is 0 Å². The topological polar surface area (TPSA) is 54.5 Å². The first kappa shape index (κ1) is 18.1. The van der Waals surface area contributed by atoms with Crippen molar-refractivity contribution in [1.82, 2.24) is 15.2 Å². The molecule has 3 atom stereocenters. The summed E-state index contributed by atoms with van der Waals surface area (Å²) < 4.78 is 5.63. The van der Waals surface area contributed by atoms with Gasteiger partial charge in [0.15, 0.2) is 0 Å². The molecule has 0 aromatic carbocycles. The second-order valence-corrected chi connectivity index (χ2v) is 6.16. The zero-order valence-electron chi connectivity index (χ0n) is 13.6. The highest BCUT2D eigenvalue weighted by Gasteiger charge is 2.32. The number of likely N-dealkylation sites (N-methyl/N-ethyl adjacent to an activating group) is 1. The van der Waals surface area contributed by atoms with Crippen LogP contribution in [-0.4, -0.2) is 48.6 Å². The number of hydrogen-bond donors (Lipinski definition) is 1. The van der Waals surface area contributed by atoms with Crippen molar-refractivity contribution in [2.75, 3.05) is 20.7 Å². The van der Waals surface area contributed by atoms with E-state index in [-0.39, 0.29) is 24.0 Å². The van der Waals surface area contributed by atoms with Crippen LogP contribution in [0, 0.1) is 5.92 Å². The second kappa shape index (κ2) is 9.12. The van der Waals surface area contributed by atoms with Crippen LogP contribution in [0.4, 0.5) is 0 Å². The molecule has 5 nitrogen and oxygen atoms in total. The maximum atomic E-state index is 12.3. The maximum absolute atomic E-state index is 12.3. The molecule has 1 aromatic rings. The highest BCUT2D eigenvalue weighted by Crippen LogP contribution is 2.18. The number of carbonyl (C=O) groups excluding carboxylic acids is 1. The summed E-state index contributed by atoms with van der Waals surface area (Å²) in [4.78, 5) is 18.7. The molecule has 0 fully saturated rings. The molecule has 120 valence electrons. The highest BCUT2D eigenvalue weighted by molar-refractivity contribution is 7.09. The van der Waals surface area contributed by atoms with Crippen LogP contribution in [0.5, 0.6) is 0 Å². The van der Waals surface area contributed by atoms with Crippen LogP contribution in [-0.2, 0) is 16.1 Å². The fraction of sp³-hybridized carbons (Fsp3) is 0.733. The van der Waals surface area contributed by atoms with Crippen molar-refractivity contribution < 1.29 is 9.53 Å². The summed E-state index contributed by atoms with van der Waals surface area (Å²) in [6.45, 7) is 7.59. The first-order valence-electron chi connectivity index (χ1n) is 7.44. The van der Waals surface area contributed by atoms with Crippen molar-refractivity contribution in [2.24, 2.45) is 5.92 Å². The number of aromatic nitrogens is 1. The Balaban J connectivity index is 2.63. The molecule has 3 unspecified atom stereocenters. The summed E-state index contributed by atoms with van der Waals surface area (Å²) >= 11 is 1.54. The predicted octanol–water partition coefficient (Wildman–Crippen LogP) is 2.14. The first-order valence-corrected chi connectivity index (χ1v) is 8.32. The Morgan fingerprint density at radius 1 is 1.52 bits per heavy atom. The Morgan fingerprint density at radius 3 is 2.71 bits per heavy atom. The van der Waals surface area contributed by atoms with Gasteiger partial charge >= 0.3 is 0 Å². The standard InChI is InChI=1S/C15H27N3O2S/c1-6-12(18(4)7-2)14(20-5)11(3)15(19)17-10-13-16-8-9-21-13/h8-9,11-12,14H,6-7,10H2,1-5H3,(H,17,19). The lowest BCUT2D eigenvalue weighted by Crippen LogP contribution is -2.49. The molecule has 21 heavy (non-hydrogen) atoms. The van der Waals surface area contributed by atoms with Crippen LogP contribution >= 0.6 is 11.3 Å². The second-order valence-electron chi connectivity index (χ2n) is 5.18. The van der Waals surface area contributed by atoms with E-state index >= 15 is 0 Å². The van der Waals surface area contributed by atoms with Crippen LogP contribution in [0.2, 0.25) is 0 Å². The molecule has 1 heterocycles. The van der Waals surface area contributed by atoms with E-state index in [4.69, 9.17) is 4.74 Å². The third-order valence-electron chi connectivity index (χ3n) is 3.94. The molecule has 0 aliphatic carbocycles. The predicted molar refractivity (Wildman–Crippen MR) is 86.3 cm³/mol. The Kier molecular flexibility index (Phi) is 7.85. The Hall–Kier alpha value is -0.980. The van der Waals surface area contributed by atoms with Gasteiger partial charge in [-0.05, 0) is 20.0 Å². The van der Waals surface area contributed by atoms with Crippen LogP contribution in [0.15, 0.2) is 11.6 Å². The summed E-state index contributed by atoms with van der Waals surface area (Å²) in [6.07, 6.45) is 2.58. The third kappa shape index (κ3) is 5.05. The monoisotopic (exact) mass is 313 g/mol. The van der Waals surface area contributed by atoms with Gasteiger partial charge in [-0.3, -0.25) is 4.79 Å². The number of nitrogens with one attached hydrogen (secondary N) is 1. The number of rotatable bonds is 9. The van der Waals surface area contributed by atoms with Gasteiger partial charge in [0.1, 0.15) is 5.01 Å². The molecule has 0 aliphatic rings. The first-order chi connectivity index (χ1) is 10.0. The van der Waals surface area contributed by atoms with E-state index in [0.717, 1.165) is 18.0 Å². The van der Waals surface area contributed by atoms with Gasteiger partial charge in [0.2, 0.25) is 5.91 Å². The SMILES string of the molecule is CCC(C(OC)C(C)C(=O)NCc1nccs1)N(C)CC. The Labute approximate surface area is 131 Å². The van der Waals surface area contributed by atoms with Crippen LogP contribution in [0.1, 0.15) is 32.2 Å². The molecule has 1 amide bonds. The summed E-state index contributed by atoms with van der Waals surface area (Å²) in [7, 11) is 3.75. The number of ether oxygens (including phenoxy) is 1. The van der Waals surface area contributed by atoms with Gasteiger partial charge in [-0.25, -0.2) is 4.98 Å². The van der Waals surface area contributed by atoms with Gasteiger partial charge in [-0.15, -0.1) is 11.3 Å². The molecule has 0 radical (unpaired) electrons. The van der Waals surface area contributed by atoms with E-state index < -0.39 is 0 Å². The normalized spacial score (nSPS) is 15.7. The fourth-order valence-electron chi connectivity index (χ4n) is 2.54. The minimum absolute atomic E-state index is 0.0139. The number of amides is 1. The van der Waals surface area contributed by atoms with Gasteiger partial charge in [0.05, 0.1) is 18.6 Å².